The standard InChI is InChI=1S/C14H30N2O3S/c1-12(2)5-8-15(9-6-13(3)4)20(18,19)16-10-7-14(17)11-16/h12-14,17H,5-11H2,1-4H3/t14-/m0/s1. The molecule has 1 rings (SSSR count). The Morgan fingerprint density at radius 1 is 1.15 bits per heavy atom. The average Bonchev–Trinajstić information content (AvgIpc) is 2.75. The summed E-state index contributed by atoms with van der Waals surface area (Å²) in [5, 5.41) is 9.56. The zero-order valence-electron chi connectivity index (χ0n) is 13.2. The number of aliphatic hydroxyl groups is 1. The second-order valence-electron chi connectivity index (χ2n) is 6.57. The van der Waals surface area contributed by atoms with Crippen molar-refractivity contribution in [3.8, 4) is 0 Å². The molecule has 1 aliphatic heterocycles. The van der Waals surface area contributed by atoms with Crippen molar-refractivity contribution in [1.82, 2.24) is 8.61 Å². The molecular weight excluding hydrogens is 276 g/mol. The van der Waals surface area contributed by atoms with Gasteiger partial charge in [0.05, 0.1) is 6.10 Å². The van der Waals surface area contributed by atoms with Crippen LogP contribution in [0.2, 0.25) is 0 Å². The van der Waals surface area contributed by atoms with Crippen molar-refractivity contribution in [2.75, 3.05) is 26.2 Å². The van der Waals surface area contributed by atoms with Gasteiger partial charge in [-0.3, -0.25) is 0 Å². The molecule has 1 atom stereocenters. The van der Waals surface area contributed by atoms with Crippen molar-refractivity contribution in [1.29, 1.82) is 0 Å². The Balaban J connectivity index is 2.73. The fraction of sp³-hybridized carbons (Fsp3) is 1.00. The van der Waals surface area contributed by atoms with Gasteiger partial charge in [-0.05, 0) is 31.1 Å². The summed E-state index contributed by atoms with van der Waals surface area (Å²) in [5.41, 5.74) is 0. The SMILES string of the molecule is CC(C)CCN(CCC(C)C)S(=O)(=O)N1CC[C@H](O)C1. The normalized spacial score (nSPS) is 21.5. The van der Waals surface area contributed by atoms with Gasteiger partial charge in [0, 0.05) is 26.2 Å². The number of β-amino-alcohol motifs (C(OH)–C–C–N with tert-alkyl or cyclic N) is 1. The molecule has 0 unspecified atom stereocenters. The first-order valence-corrected chi connectivity index (χ1v) is 9.06. The topological polar surface area (TPSA) is 60.9 Å². The van der Waals surface area contributed by atoms with E-state index in [1.807, 2.05) is 0 Å². The summed E-state index contributed by atoms with van der Waals surface area (Å²) in [6, 6.07) is 0. The highest BCUT2D eigenvalue weighted by atomic mass is 32.2. The van der Waals surface area contributed by atoms with Crippen LogP contribution in [-0.2, 0) is 10.2 Å². The molecule has 0 aromatic carbocycles. The molecule has 0 saturated carbocycles. The summed E-state index contributed by atoms with van der Waals surface area (Å²) in [5.74, 6) is 0.965. The molecule has 0 amide bonds. The summed E-state index contributed by atoms with van der Waals surface area (Å²) in [6.07, 6.45) is 1.77. The number of rotatable bonds is 8. The molecule has 0 aliphatic carbocycles. The lowest BCUT2D eigenvalue weighted by Crippen LogP contribution is -2.44. The van der Waals surface area contributed by atoms with E-state index in [9.17, 15) is 13.5 Å². The summed E-state index contributed by atoms with van der Waals surface area (Å²) < 4.78 is 28.3. The highest BCUT2D eigenvalue weighted by Crippen LogP contribution is 2.19. The smallest absolute Gasteiger partial charge is 0.282 e. The highest BCUT2D eigenvalue weighted by molar-refractivity contribution is 7.86. The number of nitrogens with zero attached hydrogens (tertiary/aromatic N) is 2. The first-order valence-electron chi connectivity index (χ1n) is 7.66. The second-order valence-corrected chi connectivity index (χ2v) is 8.50. The lowest BCUT2D eigenvalue weighted by atomic mass is 10.1. The Hall–Kier alpha value is -0.170. The van der Waals surface area contributed by atoms with Crippen LogP contribution < -0.4 is 0 Å². The molecule has 120 valence electrons. The van der Waals surface area contributed by atoms with Crippen molar-refractivity contribution in [3.63, 3.8) is 0 Å². The van der Waals surface area contributed by atoms with E-state index in [4.69, 9.17) is 0 Å². The predicted molar refractivity (Wildman–Crippen MR) is 81.6 cm³/mol. The van der Waals surface area contributed by atoms with Gasteiger partial charge >= 0.3 is 0 Å². The van der Waals surface area contributed by atoms with Crippen LogP contribution in [0.1, 0.15) is 47.0 Å². The molecule has 1 heterocycles. The molecule has 0 aromatic heterocycles. The van der Waals surface area contributed by atoms with E-state index in [-0.39, 0.29) is 6.54 Å². The minimum Gasteiger partial charge on any atom is -0.392 e. The van der Waals surface area contributed by atoms with Gasteiger partial charge in [-0.1, -0.05) is 27.7 Å². The van der Waals surface area contributed by atoms with Crippen molar-refractivity contribution < 1.29 is 13.5 Å². The van der Waals surface area contributed by atoms with E-state index >= 15 is 0 Å². The molecule has 5 nitrogen and oxygen atoms in total. The van der Waals surface area contributed by atoms with Gasteiger partial charge in [-0.15, -0.1) is 0 Å². The molecule has 0 radical (unpaired) electrons. The molecule has 0 aromatic rings. The van der Waals surface area contributed by atoms with Crippen LogP contribution in [0.3, 0.4) is 0 Å². The van der Waals surface area contributed by atoms with Gasteiger partial charge in [0.1, 0.15) is 0 Å². The van der Waals surface area contributed by atoms with E-state index in [0.29, 0.717) is 37.9 Å². The van der Waals surface area contributed by atoms with Gasteiger partial charge < -0.3 is 5.11 Å². The molecular formula is C14H30N2O3S. The predicted octanol–water partition coefficient (Wildman–Crippen LogP) is 1.69. The summed E-state index contributed by atoms with van der Waals surface area (Å²) >= 11 is 0. The fourth-order valence-electron chi connectivity index (χ4n) is 2.23. The highest BCUT2D eigenvalue weighted by Gasteiger charge is 2.34. The van der Waals surface area contributed by atoms with E-state index < -0.39 is 16.3 Å². The maximum absolute atomic E-state index is 12.6. The van der Waals surface area contributed by atoms with Crippen LogP contribution in [0.25, 0.3) is 0 Å². The third-order valence-corrected chi connectivity index (χ3v) is 5.69. The van der Waals surface area contributed by atoms with Crippen molar-refractivity contribution >= 4 is 10.2 Å². The van der Waals surface area contributed by atoms with Crippen molar-refractivity contribution in [3.05, 3.63) is 0 Å². The molecule has 1 N–H and O–H groups in total. The Morgan fingerprint density at radius 3 is 2.00 bits per heavy atom. The Morgan fingerprint density at radius 2 is 1.65 bits per heavy atom. The van der Waals surface area contributed by atoms with Gasteiger partial charge in [-0.2, -0.15) is 17.0 Å². The summed E-state index contributed by atoms with van der Waals surface area (Å²) in [6.45, 7) is 10.2. The quantitative estimate of drug-likeness (QED) is 0.742. The number of aliphatic hydroxyl groups excluding tert-OH is 1. The molecule has 6 heteroatoms. The Labute approximate surface area is 124 Å². The van der Waals surface area contributed by atoms with Crippen LogP contribution in [-0.4, -0.2) is 54.4 Å². The van der Waals surface area contributed by atoms with E-state index in [0.717, 1.165) is 12.8 Å². The monoisotopic (exact) mass is 306 g/mol. The van der Waals surface area contributed by atoms with E-state index in [2.05, 4.69) is 27.7 Å². The largest absolute Gasteiger partial charge is 0.392 e. The first kappa shape index (κ1) is 17.9. The first-order chi connectivity index (χ1) is 9.23. The molecule has 0 spiro atoms. The third kappa shape index (κ3) is 5.31. The minimum atomic E-state index is -3.42. The van der Waals surface area contributed by atoms with E-state index in [1.165, 1.54) is 4.31 Å². The van der Waals surface area contributed by atoms with Gasteiger partial charge in [0.2, 0.25) is 0 Å². The maximum Gasteiger partial charge on any atom is 0.282 e. The summed E-state index contributed by atoms with van der Waals surface area (Å²) in [7, 11) is -3.42. The van der Waals surface area contributed by atoms with Crippen molar-refractivity contribution in [2.45, 2.75) is 53.1 Å². The fourth-order valence-corrected chi connectivity index (χ4v) is 3.93. The third-order valence-electron chi connectivity index (χ3n) is 3.69. The van der Waals surface area contributed by atoms with Gasteiger partial charge in [0.25, 0.3) is 10.2 Å². The molecule has 0 bridgehead atoms. The number of hydrogen-bond donors (Lipinski definition) is 1. The lowest BCUT2D eigenvalue weighted by molar-refractivity contribution is 0.187. The average molecular weight is 306 g/mol. The number of hydrogen-bond acceptors (Lipinski definition) is 3. The lowest BCUT2D eigenvalue weighted by Gasteiger charge is -2.28. The van der Waals surface area contributed by atoms with Crippen LogP contribution >= 0.6 is 0 Å². The molecule has 1 aliphatic rings. The Kier molecular flexibility index (Phi) is 6.91. The zero-order valence-corrected chi connectivity index (χ0v) is 14.1. The van der Waals surface area contributed by atoms with Crippen LogP contribution in [0.15, 0.2) is 0 Å². The minimum absolute atomic E-state index is 0.238. The maximum atomic E-state index is 12.6. The van der Waals surface area contributed by atoms with Gasteiger partial charge in [-0.25, -0.2) is 0 Å². The van der Waals surface area contributed by atoms with Crippen LogP contribution in [0.5, 0.6) is 0 Å². The van der Waals surface area contributed by atoms with Crippen LogP contribution in [0, 0.1) is 11.8 Å². The molecule has 1 fully saturated rings. The summed E-state index contributed by atoms with van der Waals surface area (Å²) in [4.78, 5) is 0. The van der Waals surface area contributed by atoms with Crippen LogP contribution in [0.4, 0.5) is 0 Å². The zero-order chi connectivity index (χ0) is 15.3. The Bertz CT molecular complexity index is 370. The van der Waals surface area contributed by atoms with Gasteiger partial charge in [0.15, 0.2) is 0 Å². The van der Waals surface area contributed by atoms with Crippen molar-refractivity contribution in [2.24, 2.45) is 11.8 Å². The second kappa shape index (κ2) is 7.73. The van der Waals surface area contributed by atoms with E-state index in [1.54, 1.807) is 4.31 Å². The molecule has 1 saturated heterocycles. The molecule has 20 heavy (non-hydrogen) atoms.